The van der Waals surface area contributed by atoms with Crippen molar-refractivity contribution >= 4 is 17.9 Å². The average Bonchev–Trinajstić information content (AvgIpc) is 3.15. The Balaban J connectivity index is 4.02. The Kier molecular flexibility index (Phi) is 40.8. The van der Waals surface area contributed by atoms with E-state index < -0.39 is 6.10 Å². The van der Waals surface area contributed by atoms with Gasteiger partial charge < -0.3 is 14.2 Å². The zero-order valence-corrected chi connectivity index (χ0v) is 37.6. The van der Waals surface area contributed by atoms with E-state index in [0.717, 1.165) is 76.0 Å². The summed E-state index contributed by atoms with van der Waals surface area (Å²) >= 11 is 0. The van der Waals surface area contributed by atoms with E-state index in [0.29, 0.717) is 19.3 Å². The number of hydrogen-bond acceptors (Lipinski definition) is 6. The van der Waals surface area contributed by atoms with Gasteiger partial charge in [0.05, 0.1) is 0 Å². The van der Waals surface area contributed by atoms with E-state index in [4.69, 9.17) is 14.2 Å². The molecule has 0 radical (unpaired) electrons. The number of esters is 3. The summed E-state index contributed by atoms with van der Waals surface area (Å²) in [6, 6.07) is 0. The van der Waals surface area contributed by atoms with Gasteiger partial charge in [-0.15, -0.1) is 0 Å². The van der Waals surface area contributed by atoms with E-state index in [1.54, 1.807) is 0 Å². The Morgan fingerprint density at radius 2 is 0.600 bits per heavy atom. The molecule has 0 aromatic carbocycles. The largest absolute Gasteiger partial charge is 0.462 e. The minimum absolute atomic E-state index is 0.0659. The fourth-order valence-electron chi connectivity index (χ4n) is 7.28. The van der Waals surface area contributed by atoms with Crippen LogP contribution in [0.5, 0.6) is 0 Å². The highest BCUT2D eigenvalue weighted by Gasteiger charge is 2.19. The van der Waals surface area contributed by atoms with Crippen molar-refractivity contribution in [2.24, 2.45) is 11.8 Å². The molecule has 0 saturated carbocycles. The van der Waals surface area contributed by atoms with Gasteiger partial charge in [-0.2, -0.15) is 0 Å². The number of rotatable bonds is 43. The van der Waals surface area contributed by atoms with Crippen LogP contribution in [0.4, 0.5) is 0 Å². The zero-order chi connectivity index (χ0) is 40.5. The normalized spacial score (nSPS) is 12.1. The first-order valence-corrected chi connectivity index (χ1v) is 24.2. The van der Waals surface area contributed by atoms with Crippen molar-refractivity contribution in [3.8, 4) is 0 Å². The van der Waals surface area contributed by atoms with Gasteiger partial charge in [0.15, 0.2) is 6.10 Å². The summed E-state index contributed by atoms with van der Waals surface area (Å²) in [6.45, 7) is 11.3. The van der Waals surface area contributed by atoms with Gasteiger partial charge in [-0.3, -0.25) is 14.4 Å². The summed E-state index contributed by atoms with van der Waals surface area (Å²) < 4.78 is 16.6. The van der Waals surface area contributed by atoms with Crippen LogP contribution in [0.1, 0.15) is 266 Å². The molecule has 55 heavy (non-hydrogen) atoms. The lowest BCUT2D eigenvalue weighted by Crippen LogP contribution is -2.30. The summed E-state index contributed by atoms with van der Waals surface area (Å²) in [5.74, 6) is 0.786. The van der Waals surface area contributed by atoms with Crippen molar-refractivity contribution in [2.75, 3.05) is 13.2 Å². The molecule has 1 atom stereocenters. The zero-order valence-electron chi connectivity index (χ0n) is 37.6. The summed E-state index contributed by atoms with van der Waals surface area (Å²) in [5.41, 5.74) is 0. The second-order valence-electron chi connectivity index (χ2n) is 17.7. The molecule has 0 unspecified atom stereocenters. The smallest absolute Gasteiger partial charge is 0.306 e. The van der Waals surface area contributed by atoms with Crippen molar-refractivity contribution < 1.29 is 28.6 Å². The van der Waals surface area contributed by atoms with Crippen molar-refractivity contribution in [3.63, 3.8) is 0 Å². The fourth-order valence-corrected chi connectivity index (χ4v) is 7.28. The second-order valence-corrected chi connectivity index (χ2v) is 17.7. The van der Waals surface area contributed by atoms with Gasteiger partial charge in [0, 0.05) is 19.3 Å². The molecule has 0 aromatic heterocycles. The van der Waals surface area contributed by atoms with Gasteiger partial charge >= 0.3 is 17.9 Å². The van der Waals surface area contributed by atoms with Crippen LogP contribution in [0.2, 0.25) is 0 Å². The lowest BCUT2D eigenvalue weighted by molar-refractivity contribution is -0.167. The topological polar surface area (TPSA) is 78.9 Å². The first-order valence-electron chi connectivity index (χ1n) is 24.2. The van der Waals surface area contributed by atoms with Gasteiger partial charge in [-0.25, -0.2) is 0 Å². The van der Waals surface area contributed by atoms with Gasteiger partial charge in [-0.05, 0) is 31.1 Å². The molecule has 0 aromatic rings. The molecule has 0 spiro atoms. The highest BCUT2D eigenvalue weighted by Crippen LogP contribution is 2.17. The standard InChI is InChI=1S/C49H94O6/c1-6-7-8-27-36-41-49(52)55-46(43-54-48(51)40-35-31-26-22-21-24-29-33-38-45(4)5)42-53-47(50)39-34-30-25-20-18-16-14-12-10-9-11-13-15-17-19-23-28-32-37-44(2)3/h44-46H,6-43H2,1-5H3/t46-/m1/s1. The molecule has 0 amide bonds. The lowest BCUT2D eigenvalue weighted by Gasteiger charge is -2.18. The maximum absolute atomic E-state index is 12.5. The van der Waals surface area contributed by atoms with Crippen LogP contribution in [0.25, 0.3) is 0 Å². The number of hydrogen-bond donors (Lipinski definition) is 0. The Hall–Kier alpha value is -1.59. The third-order valence-electron chi connectivity index (χ3n) is 11.0. The predicted molar refractivity (Wildman–Crippen MR) is 233 cm³/mol. The summed E-state index contributed by atoms with van der Waals surface area (Å²) in [7, 11) is 0. The van der Waals surface area contributed by atoms with Crippen LogP contribution in [-0.2, 0) is 28.6 Å². The van der Waals surface area contributed by atoms with Crippen molar-refractivity contribution in [3.05, 3.63) is 0 Å². The van der Waals surface area contributed by atoms with E-state index >= 15 is 0 Å². The van der Waals surface area contributed by atoms with Crippen LogP contribution in [-0.4, -0.2) is 37.2 Å². The van der Waals surface area contributed by atoms with Crippen LogP contribution in [0.3, 0.4) is 0 Å². The molecule has 0 bridgehead atoms. The quantitative estimate of drug-likeness (QED) is 0.0348. The minimum Gasteiger partial charge on any atom is -0.462 e. The number of carbonyl (C=O) groups is 3. The molecular weight excluding hydrogens is 685 g/mol. The maximum Gasteiger partial charge on any atom is 0.306 e. The van der Waals surface area contributed by atoms with E-state index in [1.807, 2.05) is 0 Å². The van der Waals surface area contributed by atoms with E-state index in [9.17, 15) is 14.4 Å². The molecule has 0 aliphatic heterocycles. The highest BCUT2D eigenvalue weighted by atomic mass is 16.6. The molecule has 0 fully saturated rings. The monoisotopic (exact) mass is 779 g/mol. The molecule has 6 heteroatoms. The van der Waals surface area contributed by atoms with Gasteiger partial charge in [0.1, 0.15) is 13.2 Å². The van der Waals surface area contributed by atoms with Crippen LogP contribution in [0.15, 0.2) is 0 Å². The van der Waals surface area contributed by atoms with Gasteiger partial charge in [-0.1, -0.05) is 227 Å². The fraction of sp³-hybridized carbons (Fsp3) is 0.939. The van der Waals surface area contributed by atoms with Crippen LogP contribution >= 0.6 is 0 Å². The Labute approximate surface area is 342 Å². The van der Waals surface area contributed by atoms with Gasteiger partial charge in [0.2, 0.25) is 0 Å². The first-order chi connectivity index (χ1) is 26.7. The van der Waals surface area contributed by atoms with Crippen LogP contribution < -0.4 is 0 Å². The molecule has 0 heterocycles. The summed E-state index contributed by atoms with van der Waals surface area (Å²) in [6.07, 6.45) is 41.4. The third kappa shape index (κ3) is 43.4. The van der Waals surface area contributed by atoms with E-state index in [1.165, 1.54) is 148 Å². The summed E-state index contributed by atoms with van der Waals surface area (Å²) in [4.78, 5) is 37.5. The predicted octanol–water partition coefficient (Wildman–Crippen LogP) is 15.4. The molecule has 326 valence electrons. The van der Waals surface area contributed by atoms with Crippen LogP contribution in [0, 0.1) is 11.8 Å². The molecule has 0 rings (SSSR count). The minimum atomic E-state index is -0.758. The lowest BCUT2D eigenvalue weighted by atomic mass is 10.0. The molecule has 0 aliphatic rings. The molecule has 0 N–H and O–H groups in total. The number of carbonyl (C=O) groups excluding carboxylic acids is 3. The van der Waals surface area contributed by atoms with Crippen molar-refractivity contribution in [2.45, 2.75) is 272 Å². The Bertz CT molecular complexity index is 839. The van der Waals surface area contributed by atoms with Crippen molar-refractivity contribution in [1.82, 2.24) is 0 Å². The Morgan fingerprint density at radius 1 is 0.345 bits per heavy atom. The van der Waals surface area contributed by atoms with Gasteiger partial charge in [0.25, 0.3) is 0 Å². The SMILES string of the molecule is CCCCCCCC(=O)O[C@H](COC(=O)CCCCCCCCCCCCCCCCCCCCC(C)C)COC(=O)CCCCCCCCCCC(C)C. The average molecular weight is 779 g/mol. The Morgan fingerprint density at radius 3 is 0.891 bits per heavy atom. The second kappa shape index (κ2) is 42.0. The molecular formula is C49H94O6. The summed E-state index contributed by atoms with van der Waals surface area (Å²) in [5, 5.41) is 0. The van der Waals surface area contributed by atoms with E-state index in [-0.39, 0.29) is 31.1 Å². The molecule has 0 aliphatic carbocycles. The third-order valence-corrected chi connectivity index (χ3v) is 11.0. The molecule has 0 saturated heterocycles. The number of ether oxygens (including phenoxy) is 3. The maximum atomic E-state index is 12.5. The highest BCUT2D eigenvalue weighted by molar-refractivity contribution is 5.71. The first kappa shape index (κ1) is 53.4. The van der Waals surface area contributed by atoms with Crippen molar-refractivity contribution in [1.29, 1.82) is 0 Å². The number of unbranched alkanes of at least 4 members (excludes halogenated alkanes) is 28. The molecule has 6 nitrogen and oxygen atoms in total. The van der Waals surface area contributed by atoms with E-state index in [2.05, 4.69) is 34.6 Å².